The molecule has 2 saturated heterocycles. The molecule has 2 aromatic heterocycles. The number of alkyl halides is 3. The van der Waals surface area contributed by atoms with Gasteiger partial charge < -0.3 is 10.2 Å². The number of benzene rings is 1. The van der Waals surface area contributed by atoms with Crippen LogP contribution in [0.4, 0.5) is 41.2 Å². The van der Waals surface area contributed by atoms with Crippen molar-refractivity contribution in [3.63, 3.8) is 0 Å². The van der Waals surface area contributed by atoms with Gasteiger partial charge in [0, 0.05) is 24.8 Å². The molecule has 0 aliphatic carbocycles. The second-order valence-electron chi connectivity index (χ2n) is 8.92. The first-order chi connectivity index (χ1) is 17.8. The smallest absolute Gasteiger partial charge is 0.366 e. The van der Waals surface area contributed by atoms with Crippen molar-refractivity contribution in [2.75, 3.05) is 33.5 Å². The van der Waals surface area contributed by atoms with E-state index in [-0.39, 0.29) is 17.6 Å². The van der Waals surface area contributed by atoms with Crippen LogP contribution in [-0.4, -0.2) is 46.3 Å². The van der Waals surface area contributed by atoms with E-state index < -0.39 is 17.9 Å². The third kappa shape index (κ3) is 3.92. The largest absolute Gasteiger partial charge is 0.426 e. The van der Waals surface area contributed by atoms with Gasteiger partial charge in [-0.25, -0.2) is 25.6 Å². The van der Waals surface area contributed by atoms with Crippen molar-refractivity contribution in [3.05, 3.63) is 67.0 Å². The number of aromatic nitrogens is 3. The number of amides is 2. The Labute approximate surface area is 209 Å². The fourth-order valence-electron chi connectivity index (χ4n) is 4.82. The summed E-state index contributed by atoms with van der Waals surface area (Å²) in [6, 6.07) is 10.8. The van der Waals surface area contributed by atoms with Crippen molar-refractivity contribution in [2.24, 2.45) is 0 Å². The number of nitrogens with zero attached hydrogens (tertiary/aromatic N) is 5. The van der Waals surface area contributed by atoms with Crippen LogP contribution in [0.15, 0.2) is 61.4 Å². The fourth-order valence-corrected chi connectivity index (χ4v) is 4.82. The third-order valence-electron chi connectivity index (χ3n) is 6.68. The molecule has 1 atom stereocenters. The number of nitrogens with one attached hydrogen (secondary N) is 4. The van der Waals surface area contributed by atoms with Gasteiger partial charge in [-0.05, 0) is 42.4 Å². The van der Waals surface area contributed by atoms with E-state index in [4.69, 9.17) is 4.98 Å². The Morgan fingerprint density at radius 2 is 2.03 bits per heavy atom. The summed E-state index contributed by atoms with van der Waals surface area (Å²) in [5.41, 5.74) is 3.96. The molecule has 1 aromatic carbocycles. The van der Waals surface area contributed by atoms with Crippen LogP contribution >= 0.6 is 0 Å². The van der Waals surface area contributed by atoms with E-state index in [1.807, 2.05) is 6.07 Å². The second kappa shape index (κ2) is 8.42. The number of pyridine rings is 1. The zero-order chi connectivity index (χ0) is 25.8. The Morgan fingerprint density at radius 3 is 2.78 bits per heavy atom. The van der Waals surface area contributed by atoms with E-state index in [9.17, 15) is 18.0 Å². The lowest BCUT2D eigenvalue weighted by atomic mass is 9.99. The van der Waals surface area contributed by atoms with Gasteiger partial charge >= 0.3 is 12.2 Å². The number of fused-ring (bicyclic) bond motifs is 4. The van der Waals surface area contributed by atoms with E-state index in [1.54, 1.807) is 29.2 Å². The first-order valence-corrected chi connectivity index (χ1v) is 11.6. The fraction of sp³-hybridized carbons (Fsp3) is 0.250. The summed E-state index contributed by atoms with van der Waals surface area (Å²) < 4.78 is 40.8. The number of urea groups is 1. The van der Waals surface area contributed by atoms with E-state index in [1.165, 1.54) is 24.5 Å². The molecule has 2 bridgehead atoms. The summed E-state index contributed by atoms with van der Waals surface area (Å²) in [5, 5.41) is 5.58. The summed E-state index contributed by atoms with van der Waals surface area (Å²) >= 11 is 0. The molecule has 0 unspecified atom stereocenters. The quantitative estimate of drug-likeness (QED) is 0.384. The number of halogens is 3. The van der Waals surface area contributed by atoms with Crippen LogP contribution < -0.4 is 31.3 Å². The van der Waals surface area contributed by atoms with Gasteiger partial charge in [0.2, 0.25) is 11.6 Å². The van der Waals surface area contributed by atoms with Crippen LogP contribution in [0.25, 0.3) is 11.3 Å². The van der Waals surface area contributed by atoms with Crippen molar-refractivity contribution in [3.8, 4) is 11.3 Å². The molecule has 2 amide bonds. The van der Waals surface area contributed by atoms with Gasteiger partial charge in [0.25, 0.3) is 0 Å². The lowest BCUT2D eigenvalue weighted by Crippen LogP contribution is -2.48. The van der Waals surface area contributed by atoms with Crippen LogP contribution in [0.3, 0.4) is 0 Å². The molecule has 190 valence electrons. The standard InChI is InChI=1S/C24H22F3N9O/c1-2-28-21-29-10-8-19(31-21)32-22(37)36-16-9-11-35(13-16)18-7-6-17(30-20(18)36)14-4-3-5-15(12-14)23(33-34-23)24(25,26)27/h2-8,10,12,16,33-34H,1,9,11,13H2,(H2,28,29,31,32,37)/t16-/m0/s1. The lowest BCUT2D eigenvalue weighted by Gasteiger charge is -2.35. The Hall–Kier alpha value is -4.23. The van der Waals surface area contributed by atoms with Gasteiger partial charge in [-0.2, -0.15) is 18.2 Å². The minimum absolute atomic E-state index is 0.0307. The number of hydrazine groups is 1. The molecular formula is C24H22F3N9O. The number of hydrogen-bond acceptors (Lipinski definition) is 8. The molecular weight excluding hydrogens is 487 g/mol. The highest BCUT2D eigenvalue weighted by Crippen LogP contribution is 2.44. The summed E-state index contributed by atoms with van der Waals surface area (Å²) in [5.74, 6) is 1.04. The van der Waals surface area contributed by atoms with E-state index in [0.29, 0.717) is 29.4 Å². The van der Waals surface area contributed by atoms with Gasteiger partial charge in [-0.3, -0.25) is 10.2 Å². The van der Waals surface area contributed by atoms with Gasteiger partial charge in [0.1, 0.15) is 5.82 Å². The molecule has 6 rings (SSSR count). The predicted octanol–water partition coefficient (Wildman–Crippen LogP) is 3.55. The van der Waals surface area contributed by atoms with Crippen molar-refractivity contribution in [2.45, 2.75) is 24.3 Å². The van der Waals surface area contributed by atoms with E-state index in [2.05, 4.69) is 42.9 Å². The van der Waals surface area contributed by atoms with Crippen LogP contribution in [0, 0.1) is 0 Å². The highest BCUT2D eigenvalue weighted by atomic mass is 19.4. The summed E-state index contributed by atoms with van der Waals surface area (Å²) in [4.78, 5) is 30.3. The molecule has 0 radical (unpaired) electrons. The SMILES string of the molecule is C=CNc1nccc(NC(=O)N2c3nc(-c4cccc(C5(C(F)(F)F)NN5)c4)ccc3N3CC[C@H]2C3)n1. The normalized spacial score (nSPS) is 19.3. The second-order valence-corrected chi connectivity index (χ2v) is 8.92. The van der Waals surface area contributed by atoms with Crippen molar-refractivity contribution >= 4 is 29.3 Å². The molecule has 10 nitrogen and oxygen atoms in total. The van der Waals surface area contributed by atoms with Gasteiger partial charge in [-0.15, -0.1) is 0 Å². The molecule has 5 heterocycles. The number of carbonyl (C=O) groups is 1. The third-order valence-corrected chi connectivity index (χ3v) is 6.68. The number of anilines is 4. The Morgan fingerprint density at radius 1 is 1.19 bits per heavy atom. The van der Waals surface area contributed by atoms with Crippen molar-refractivity contribution in [1.29, 1.82) is 0 Å². The van der Waals surface area contributed by atoms with Crippen molar-refractivity contribution in [1.82, 2.24) is 25.8 Å². The predicted molar refractivity (Wildman–Crippen MR) is 132 cm³/mol. The number of hydrogen-bond donors (Lipinski definition) is 4. The highest BCUT2D eigenvalue weighted by molar-refractivity contribution is 6.04. The summed E-state index contributed by atoms with van der Waals surface area (Å²) in [6.45, 7) is 5.01. The van der Waals surface area contributed by atoms with Gasteiger partial charge in [0.05, 0.1) is 17.4 Å². The zero-order valence-electron chi connectivity index (χ0n) is 19.4. The molecule has 3 aliphatic rings. The maximum atomic E-state index is 13.6. The summed E-state index contributed by atoms with van der Waals surface area (Å²) in [7, 11) is 0. The molecule has 13 heteroatoms. The van der Waals surface area contributed by atoms with Gasteiger partial charge in [-0.1, -0.05) is 24.8 Å². The summed E-state index contributed by atoms with van der Waals surface area (Å²) in [6.07, 6.45) is -0.816. The van der Waals surface area contributed by atoms with E-state index in [0.717, 1.165) is 18.7 Å². The molecule has 0 saturated carbocycles. The Kier molecular flexibility index (Phi) is 5.28. The molecule has 3 aromatic rings. The van der Waals surface area contributed by atoms with E-state index >= 15 is 0 Å². The minimum Gasteiger partial charge on any atom is -0.366 e. The molecule has 0 spiro atoms. The van der Waals surface area contributed by atoms with Crippen molar-refractivity contribution < 1.29 is 18.0 Å². The van der Waals surface area contributed by atoms with Crippen LogP contribution in [0.5, 0.6) is 0 Å². The molecule has 37 heavy (non-hydrogen) atoms. The monoisotopic (exact) mass is 509 g/mol. The Bertz CT molecular complexity index is 1390. The number of rotatable bonds is 5. The highest BCUT2D eigenvalue weighted by Gasteiger charge is 2.65. The molecule has 2 fully saturated rings. The minimum atomic E-state index is -4.52. The average molecular weight is 509 g/mol. The average Bonchev–Trinajstić information content (AvgIpc) is 3.61. The molecule has 4 N–H and O–H groups in total. The maximum absolute atomic E-state index is 13.6. The van der Waals surface area contributed by atoms with Crippen LogP contribution in [0.1, 0.15) is 12.0 Å². The molecule has 3 aliphatic heterocycles. The zero-order valence-corrected chi connectivity index (χ0v) is 19.4. The van der Waals surface area contributed by atoms with Gasteiger partial charge in [0.15, 0.2) is 5.82 Å². The first-order valence-electron chi connectivity index (χ1n) is 11.6. The maximum Gasteiger partial charge on any atom is 0.426 e. The first kappa shape index (κ1) is 23.2. The topological polar surface area (TPSA) is 130 Å². The van der Waals surface area contributed by atoms with Crippen LogP contribution in [-0.2, 0) is 5.66 Å². The number of carbonyl (C=O) groups excluding carboxylic acids is 1. The van der Waals surface area contributed by atoms with Crippen LogP contribution in [0.2, 0.25) is 0 Å². The lowest BCUT2D eigenvalue weighted by molar-refractivity contribution is -0.165. The Balaban J connectivity index is 1.34.